The Bertz CT molecular complexity index is 1470. The Labute approximate surface area is 227 Å². The van der Waals surface area contributed by atoms with Crippen LogP contribution in [0.15, 0.2) is 120 Å². The summed E-state index contributed by atoms with van der Waals surface area (Å²) in [5, 5.41) is 24.3. The molecule has 0 bridgehead atoms. The van der Waals surface area contributed by atoms with Crippen molar-refractivity contribution in [3.63, 3.8) is 0 Å². The summed E-state index contributed by atoms with van der Waals surface area (Å²) in [6.07, 6.45) is 3.75. The van der Waals surface area contributed by atoms with Crippen molar-refractivity contribution in [3.05, 3.63) is 143 Å². The molecule has 0 saturated heterocycles. The summed E-state index contributed by atoms with van der Waals surface area (Å²) in [5.41, 5.74) is 4.84. The summed E-state index contributed by atoms with van der Waals surface area (Å²) in [5.74, 6) is -0.935. The fourth-order valence-electron chi connectivity index (χ4n) is 3.77. The number of nitrogens with zero attached hydrogens (tertiary/aromatic N) is 2. The monoisotopic (exact) mass is 508 g/mol. The number of rotatable bonds is 8. The largest absolute Gasteiger partial charge is 0.321 e. The summed E-state index contributed by atoms with van der Waals surface area (Å²) in [7, 11) is 0. The van der Waals surface area contributed by atoms with Crippen molar-refractivity contribution in [1.29, 1.82) is 10.5 Å². The molecule has 2 N–H and O–H groups in total. The molecule has 2 amide bonds. The molecular formula is C33H24N4O2. The number of carbonyl (C=O) groups excluding carboxylic acids is 2. The quantitative estimate of drug-likeness (QED) is 0.213. The lowest BCUT2D eigenvalue weighted by Gasteiger charge is -2.08. The number of amides is 2. The normalized spacial score (nSPS) is 11.1. The van der Waals surface area contributed by atoms with Gasteiger partial charge in [-0.25, -0.2) is 0 Å². The van der Waals surface area contributed by atoms with Crippen molar-refractivity contribution < 1.29 is 9.59 Å². The fraction of sp³-hybridized carbons (Fsp3) is 0.0303. The average molecular weight is 509 g/mol. The zero-order valence-electron chi connectivity index (χ0n) is 21.0. The van der Waals surface area contributed by atoms with E-state index in [1.165, 1.54) is 0 Å². The topological polar surface area (TPSA) is 106 Å². The zero-order valence-corrected chi connectivity index (χ0v) is 21.0. The highest BCUT2D eigenvalue weighted by Crippen LogP contribution is 2.18. The van der Waals surface area contributed by atoms with Gasteiger partial charge in [0.1, 0.15) is 23.3 Å². The second-order valence-corrected chi connectivity index (χ2v) is 8.64. The molecule has 0 saturated carbocycles. The van der Waals surface area contributed by atoms with Crippen LogP contribution >= 0.6 is 0 Å². The van der Waals surface area contributed by atoms with Crippen molar-refractivity contribution in [2.45, 2.75) is 6.42 Å². The number of hydrogen-bond donors (Lipinski definition) is 2. The molecule has 6 heteroatoms. The van der Waals surface area contributed by atoms with E-state index in [-0.39, 0.29) is 11.1 Å². The molecule has 0 fully saturated rings. The van der Waals surface area contributed by atoms with Gasteiger partial charge in [0.25, 0.3) is 11.8 Å². The van der Waals surface area contributed by atoms with Crippen molar-refractivity contribution in [1.82, 2.24) is 0 Å². The molecule has 0 aliphatic carbocycles. The van der Waals surface area contributed by atoms with Gasteiger partial charge in [0.05, 0.1) is 0 Å². The minimum absolute atomic E-state index is 0.0231. The van der Waals surface area contributed by atoms with E-state index >= 15 is 0 Å². The molecule has 4 aromatic carbocycles. The van der Waals surface area contributed by atoms with Crippen LogP contribution in [0.25, 0.3) is 12.2 Å². The van der Waals surface area contributed by atoms with Crippen LogP contribution in [-0.4, -0.2) is 11.8 Å². The van der Waals surface area contributed by atoms with Gasteiger partial charge in [-0.05, 0) is 65.1 Å². The fourth-order valence-corrected chi connectivity index (χ4v) is 3.77. The summed E-state index contributed by atoms with van der Waals surface area (Å²) >= 11 is 0. The summed E-state index contributed by atoms with van der Waals surface area (Å²) in [6, 6.07) is 37.1. The van der Waals surface area contributed by atoms with Gasteiger partial charge in [-0.3, -0.25) is 9.59 Å². The van der Waals surface area contributed by atoms with Crippen molar-refractivity contribution in [3.8, 4) is 12.1 Å². The van der Waals surface area contributed by atoms with Gasteiger partial charge in [0.15, 0.2) is 0 Å². The minimum atomic E-state index is -0.468. The first-order valence-corrected chi connectivity index (χ1v) is 12.2. The molecule has 4 rings (SSSR count). The van der Waals surface area contributed by atoms with Gasteiger partial charge in [0, 0.05) is 11.4 Å². The number of nitrogens with one attached hydrogen (secondary N) is 2. The lowest BCUT2D eigenvalue weighted by molar-refractivity contribution is -0.113. The summed E-state index contributed by atoms with van der Waals surface area (Å²) < 4.78 is 0. The van der Waals surface area contributed by atoms with Crippen LogP contribution in [0.1, 0.15) is 22.3 Å². The molecule has 0 aromatic heterocycles. The Hall–Kier alpha value is -5.72. The highest BCUT2D eigenvalue weighted by atomic mass is 16.2. The maximum atomic E-state index is 12.5. The molecule has 6 nitrogen and oxygen atoms in total. The van der Waals surface area contributed by atoms with E-state index in [2.05, 4.69) is 10.6 Å². The molecule has 0 atom stereocenters. The second-order valence-electron chi connectivity index (χ2n) is 8.64. The van der Waals surface area contributed by atoms with Crippen LogP contribution in [0.2, 0.25) is 0 Å². The van der Waals surface area contributed by atoms with E-state index in [9.17, 15) is 20.1 Å². The van der Waals surface area contributed by atoms with Crippen LogP contribution in [0.3, 0.4) is 0 Å². The molecule has 0 unspecified atom stereocenters. The van der Waals surface area contributed by atoms with Crippen LogP contribution in [-0.2, 0) is 16.0 Å². The predicted molar refractivity (Wildman–Crippen MR) is 153 cm³/mol. The first kappa shape index (κ1) is 26.3. The van der Waals surface area contributed by atoms with Gasteiger partial charge in [0.2, 0.25) is 0 Å². The van der Waals surface area contributed by atoms with Crippen LogP contribution in [0.5, 0.6) is 0 Å². The SMILES string of the molecule is N#C/C(=C\c1ccccc1)C(=O)Nc1ccc(Cc2ccc(NC(=O)/C(C#N)=C/c3ccccc3)cc2)cc1. The minimum Gasteiger partial charge on any atom is -0.321 e. The van der Waals surface area contributed by atoms with E-state index in [1.807, 2.05) is 97.1 Å². The number of nitriles is 2. The first-order chi connectivity index (χ1) is 19.0. The number of hydrogen-bond acceptors (Lipinski definition) is 4. The Kier molecular flexibility index (Phi) is 8.79. The first-order valence-electron chi connectivity index (χ1n) is 12.2. The van der Waals surface area contributed by atoms with E-state index < -0.39 is 11.8 Å². The van der Waals surface area contributed by atoms with Crippen LogP contribution < -0.4 is 10.6 Å². The molecule has 4 aromatic rings. The van der Waals surface area contributed by atoms with Crippen molar-refractivity contribution in [2.24, 2.45) is 0 Å². The van der Waals surface area contributed by atoms with Gasteiger partial charge >= 0.3 is 0 Å². The average Bonchev–Trinajstić information content (AvgIpc) is 2.97. The van der Waals surface area contributed by atoms with Gasteiger partial charge in [-0.2, -0.15) is 10.5 Å². The van der Waals surface area contributed by atoms with Gasteiger partial charge < -0.3 is 10.6 Å². The zero-order chi connectivity index (χ0) is 27.5. The number of benzene rings is 4. The van der Waals surface area contributed by atoms with Crippen molar-refractivity contribution in [2.75, 3.05) is 10.6 Å². The standard InChI is InChI=1S/C33H24N4O2/c34-22-28(20-24-7-3-1-4-8-24)32(38)36-30-15-11-26(12-16-30)19-27-13-17-31(18-14-27)37-33(39)29(23-35)21-25-9-5-2-6-10-25/h1-18,20-21H,19H2,(H,36,38)(H,37,39)/b28-20+,29-21+. The van der Waals surface area contributed by atoms with E-state index in [0.29, 0.717) is 17.8 Å². The molecule has 0 aliphatic rings. The Balaban J connectivity index is 1.34. The van der Waals surface area contributed by atoms with Gasteiger partial charge in [-0.1, -0.05) is 84.9 Å². The number of carbonyl (C=O) groups is 2. The Morgan fingerprint density at radius 3 is 1.26 bits per heavy atom. The molecule has 188 valence electrons. The maximum absolute atomic E-state index is 12.5. The third-order valence-electron chi connectivity index (χ3n) is 5.78. The highest BCUT2D eigenvalue weighted by Gasteiger charge is 2.11. The van der Waals surface area contributed by atoms with E-state index in [0.717, 1.165) is 22.3 Å². The van der Waals surface area contributed by atoms with Crippen molar-refractivity contribution >= 4 is 35.3 Å². The molecular weight excluding hydrogens is 484 g/mol. The summed E-state index contributed by atoms with van der Waals surface area (Å²) in [4.78, 5) is 25.1. The van der Waals surface area contributed by atoms with Crippen LogP contribution in [0, 0.1) is 22.7 Å². The Morgan fingerprint density at radius 1 is 0.564 bits per heavy atom. The second kappa shape index (κ2) is 13.0. The summed E-state index contributed by atoms with van der Waals surface area (Å²) in [6.45, 7) is 0. The maximum Gasteiger partial charge on any atom is 0.266 e. The third kappa shape index (κ3) is 7.63. The van der Waals surface area contributed by atoms with E-state index in [1.54, 1.807) is 36.4 Å². The molecule has 0 spiro atoms. The molecule has 0 radical (unpaired) electrons. The van der Waals surface area contributed by atoms with E-state index in [4.69, 9.17) is 0 Å². The molecule has 39 heavy (non-hydrogen) atoms. The van der Waals surface area contributed by atoms with Crippen LogP contribution in [0.4, 0.5) is 11.4 Å². The lowest BCUT2D eigenvalue weighted by Crippen LogP contribution is -2.13. The third-order valence-corrected chi connectivity index (χ3v) is 5.78. The Morgan fingerprint density at radius 2 is 0.923 bits per heavy atom. The van der Waals surface area contributed by atoms with Gasteiger partial charge in [-0.15, -0.1) is 0 Å². The molecule has 0 aliphatic heterocycles. The lowest BCUT2D eigenvalue weighted by atomic mass is 10.0. The predicted octanol–water partition coefficient (Wildman–Crippen LogP) is 6.37. The smallest absolute Gasteiger partial charge is 0.266 e. The molecule has 0 heterocycles. The highest BCUT2D eigenvalue weighted by molar-refractivity contribution is 6.10. The number of anilines is 2.